The van der Waals surface area contributed by atoms with Gasteiger partial charge in [0.05, 0.1) is 23.2 Å². The van der Waals surface area contributed by atoms with Crippen LogP contribution in [0.2, 0.25) is 0 Å². The molecule has 2 fully saturated rings. The lowest BCUT2D eigenvalue weighted by atomic mass is 10.0. The number of rotatable bonds is 5. The highest BCUT2D eigenvalue weighted by molar-refractivity contribution is 7.13. The number of primary amides is 1. The maximum Gasteiger partial charge on any atom is 0.410 e. The topological polar surface area (TPSA) is 144 Å². The maximum atomic E-state index is 12.6. The number of benzene rings is 1. The molecule has 2 aromatic rings. The number of carbonyl (C=O) groups is 2. The Balaban J connectivity index is 1.57. The average Bonchev–Trinajstić information content (AvgIpc) is 3.31. The number of hydrogen-bond acceptors (Lipinski definition) is 9. The molecular weight excluding hydrogens is 524 g/mol. The molecule has 2 saturated heterocycles. The quantitative estimate of drug-likeness (QED) is 0.412. The van der Waals surface area contributed by atoms with E-state index in [1.54, 1.807) is 43.2 Å². The summed E-state index contributed by atoms with van der Waals surface area (Å²) < 4.78 is 11.3. The Kier molecular flexibility index (Phi) is 8.31. The van der Waals surface area contributed by atoms with Crippen LogP contribution in [-0.2, 0) is 9.47 Å². The molecule has 0 aliphatic carbocycles. The Morgan fingerprint density at radius 3 is 2.54 bits per heavy atom. The molecule has 2 unspecified atom stereocenters. The molecule has 3 amide bonds. The summed E-state index contributed by atoms with van der Waals surface area (Å²) >= 11 is 1.27. The largest absolute Gasteiger partial charge is 0.444 e. The van der Waals surface area contributed by atoms with Crippen LogP contribution < -0.4 is 15.5 Å². The zero-order valence-corrected chi connectivity index (χ0v) is 23.8. The third kappa shape index (κ3) is 6.77. The minimum atomic E-state index is -0.681. The van der Waals surface area contributed by atoms with Crippen molar-refractivity contribution in [1.82, 2.24) is 9.88 Å². The predicted octanol–water partition coefficient (Wildman–Crippen LogP) is 4.62. The fourth-order valence-electron chi connectivity index (χ4n) is 5.09. The summed E-state index contributed by atoms with van der Waals surface area (Å²) in [6.07, 6.45) is 0.802. The second kappa shape index (κ2) is 11.3. The van der Waals surface area contributed by atoms with Crippen LogP contribution in [0, 0.1) is 10.1 Å². The zero-order valence-electron chi connectivity index (χ0n) is 23.0. The molecule has 13 heteroatoms. The number of piperidine rings is 1. The molecule has 0 bridgehead atoms. The fraction of sp³-hybridized carbons (Fsp3) is 0.577. The first-order valence-electron chi connectivity index (χ1n) is 13.0. The number of thiazole rings is 1. The molecule has 0 spiro atoms. The number of nitrogens with two attached hydrogens (primary N) is 1. The summed E-state index contributed by atoms with van der Waals surface area (Å²) in [6, 6.07) is 4.00. The van der Waals surface area contributed by atoms with Gasteiger partial charge in [-0.1, -0.05) is 0 Å². The molecule has 3 atom stereocenters. The van der Waals surface area contributed by atoms with E-state index in [2.05, 4.69) is 4.98 Å². The lowest BCUT2D eigenvalue weighted by Gasteiger charge is -2.38. The van der Waals surface area contributed by atoms with Gasteiger partial charge in [-0.05, 0) is 59.6 Å². The minimum Gasteiger partial charge on any atom is -0.444 e. The van der Waals surface area contributed by atoms with Crippen LogP contribution in [0.4, 0.5) is 26.8 Å². The van der Waals surface area contributed by atoms with E-state index in [0.29, 0.717) is 54.6 Å². The van der Waals surface area contributed by atoms with Crippen molar-refractivity contribution >= 4 is 40.7 Å². The molecule has 39 heavy (non-hydrogen) atoms. The van der Waals surface area contributed by atoms with Gasteiger partial charge in [-0.2, -0.15) is 0 Å². The first-order valence-corrected chi connectivity index (χ1v) is 13.9. The minimum absolute atomic E-state index is 0.0161. The van der Waals surface area contributed by atoms with E-state index in [9.17, 15) is 19.7 Å². The van der Waals surface area contributed by atoms with Gasteiger partial charge in [0, 0.05) is 43.2 Å². The van der Waals surface area contributed by atoms with Crippen LogP contribution in [0.15, 0.2) is 23.6 Å². The second-order valence-electron chi connectivity index (χ2n) is 11.1. The summed E-state index contributed by atoms with van der Waals surface area (Å²) in [6.45, 7) is 11.2. The first kappa shape index (κ1) is 28.6. The van der Waals surface area contributed by atoms with Crippen LogP contribution in [-0.4, -0.2) is 77.0 Å². The van der Waals surface area contributed by atoms with Crippen molar-refractivity contribution in [1.29, 1.82) is 0 Å². The SMILES string of the molecule is CC1CN(c2ccc(-c3nc(N(C(N)=O)[C@H]4CCCN(C(=O)OC(C)(C)C)C4)cs3)cc2[N+](=O)[O-])CC(C)O1. The van der Waals surface area contributed by atoms with E-state index in [4.69, 9.17) is 15.2 Å². The molecular formula is C26H36N6O6S. The second-order valence-corrected chi connectivity index (χ2v) is 11.9. The highest BCUT2D eigenvalue weighted by Gasteiger charge is 2.34. The molecule has 1 aromatic carbocycles. The van der Waals surface area contributed by atoms with Crippen LogP contribution in [0.5, 0.6) is 0 Å². The number of anilines is 2. The summed E-state index contributed by atoms with van der Waals surface area (Å²) in [7, 11) is 0. The molecule has 0 radical (unpaired) electrons. The van der Waals surface area contributed by atoms with Crippen molar-refractivity contribution in [2.45, 2.75) is 71.3 Å². The van der Waals surface area contributed by atoms with Gasteiger partial charge in [-0.15, -0.1) is 11.3 Å². The van der Waals surface area contributed by atoms with Gasteiger partial charge in [-0.3, -0.25) is 15.0 Å². The molecule has 4 rings (SSSR count). The third-order valence-corrected chi connectivity index (χ3v) is 7.45. The standard InChI is InChI=1S/C26H36N6O6S/c1-16-12-30(13-17(2)37-16)20-9-8-18(11-21(20)32(35)36)23-28-22(15-39-23)31(24(27)33)19-7-6-10-29(14-19)25(34)38-26(3,4)5/h8-9,11,15-17,19H,6-7,10,12-14H2,1-5H3,(H2,27,33)/t16?,17?,19-/m0/s1. The molecule has 2 aliphatic heterocycles. The number of likely N-dealkylation sites (tertiary alicyclic amines) is 1. The summed E-state index contributed by atoms with van der Waals surface area (Å²) in [5.41, 5.74) is 6.23. The molecule has 1 aromatic heterocycles. The van der Waals surface area contributed by atoms with Gasteiger partial charge < -0.3 is 25.0 Å². The Hall–Kier alpha value is -3.45. The third-order valence-electron chi connectivity index (χ3n) is 6.57. The van der Waals surface area contributed by atoms with Crippen molar-refractivity contribution in [2.24, 2.45) is 5.73 Å². The van der Waals surface area contributed by atoms with E-state index < -0.39 is 17.7 Å². The van der Waals surface area contributed by atoms with Gasteiger partial charge in [0.15, 0.2) is 0 Å². The Bertz CT molecular complexity index is 1220. The van der Waals surface area contributed by atoms with Crippen molar-refractivity contribution in [3.05, 3.63) is 33.7 Å². The Labute approximate surface area is 231 Å². The predicted molar refractivity (Wildman–Crippen MR) is 149 cm³/mol. The number of nitrogens with zero attached hydrogens (tertiary/aromatic N) is 5. The molecule has 12 nitrogen and oxygen atoms in total. The van der Waals surface area contributed by atoms with Crippen LogP contribution in [0.3, 0.4) is 0 Å². The number of aromatic nitrogens is 1. The first-order chi connectivity index (χ1) is 18.3. The zero-order chi connectivity index (χ0) is 28.5. The number of amides is 3. The number of hydrogen-bond donors (Lipinski definition) is 1. The van der Waals surface area contributed by atoms with Gasteiger partial charge in [0.2, 0.25) is 0 Å². The summed E-state index contributed by atoms with van der Waals surface area (Å²) in [5, 5.41) is 14.2. The lowest BCUT2D eigenvalue weighted by Crippen LogP contribution is -2.54. The molecule has 212 valence electrons. The van der Waals surface area contributed by atoms with E-state index >= 15 is 0 Å². The number of nitro groups is 1. The van der Waals surface area contributed by atoms with Gasteiger partial charge >= 0.3 is 12.1 Å². The molecule has 0 saturated carbocycles. The van der Waals surface area contributed by atoms with Gasteiger partial charge in [0.1, 0.15) is 22.1 Å². The normalized spacial score (nSPS) is 21.9. The van der Waals surface area contributed by atoms with Crippen LogP contribution >= 0.6 is 11.3 Å². The highest BCUT2D eigenvalue weighted by Crippen LogP contribution is 2.37. The van der Waals surface area contributed by atoms with E-state index in [0.717, 1.165) is 0 Å². The summed E-state index contributed by atoms with van der Waals surface area (Å²) in [5.74, 6) is 0.348. The number of ether oxygens (including phenoxy) is 2. The highest BCUT2D eigenvalue weighted by atomic mass is 32.1. The Morgan fingerprint density at radius 2 is 1.92 bits per heavy atom. The Morgan fingerprint density at radius 1 is 1.23 bits per heavy atom. The van der Waals surface area contributed by atoms with Crippen LogP contribution in [0.1, 0.15) is 47.5 Å². The van der Waals surface area contributed by atoms with Crippen molar-refractivity contribution < 1.29 is 24.0 Å². The van der Waals surface area contributed by atoms with Crippen molar-refractivity contribution in [3.8, 4) is 10.6 Å². The smallest absolute Gasteiger partial charge is 0.410 e. The maximum absolute atomic E-state index is 12.6. The molecule has 2 aliphatic rings. The molecule has 3 heterocycles. The number of nitro benzene ring substituents is 1. The lowest BCUT2D eigenvalue weighted by molar-refractivity contribution is -0.384. The van der Waals surface area contributed by atoms with Crippen LogP contribution in [0.25, 0.3) is 10.6 Å². The monoisotopic (exact) mass is 560 g/mol. The fourth-order valence-corrected chi connectivity index (χ4v) is 5.88. The van der Waals surface area contributed by atoms with E-state index in [1.165, 1.54) is 22.3 Å². The van der Waals surface area contributed by atoms with Crippen molar-refractivity contribution in [2.75, 3.05) is 36.0 Å². The summed E-state index contributed by atoms with van der Waals surface area (Å²) in [4.78, 5) is 46.4. The van der Waals surface area contributed by atoms with Gasteiger partial charge in [-0.25, -0.2) is 14.6 Å². The van der Waals surface area contributed by atoms with Gasteiger partial charge in [0.25, 0.3) is 5.69 Å². The van der Waals surface area contributed by atoms with E-state index in [1.807, 2.05) is 18.7 Å². The number of carbonyl (C=O) groups excluding carboxylic acids is 2. The average molecular weight is 561 g/mol. The number of urea groups is 1. The van der Waals surface area contributed by atoms with E-state index in [-0.39, 0.29) is 35.4 Å². The molecule has 2 N–H and O–H groups in total. The number of morpholine rings is 1. The van der Waals surface area contributed by atoms with Crippen molar-refractivity contribution in [3.63, 3.8) is 0 Å².